The summed E-state index contributed by atoms with van der Waals surface area (Å²) in [6.45, 7) is 6.02. The van der Waals surface area contributed by atoms with Gasteiger partial charge in [0.2, 0.25) is 0 Å². The zero-order valence-electron chi connectivity index (χ0n) is 17.8. The fourth-order valence-corrected chi connectivity index (χ4v) is 3.56. The number of carbonyl (C=O) groups excluding carboxylic acids is 1. The molecular formula is C24H25ClN2O3. The summed E-state index contributed by atoms with van der Waals surface area (Å²) in [6, 6.07) is 11.2. The lowest BCUT2D eigenvalue weighted by Crippen LogP contribution is -2.01. The molecule has 0 aliphatic carbocycles. The van der Waals surface area contributed by atoms with Gasteiger partial charge in [-0.15, -0.1) is 0 Å². The SMILES string of the molecule is COc1ccc(/C=C/C(=O)c2c(C)nn(C)c2C)cc1COc1ccc(Cl)cc1C. The maximum Gasteiger partial charge on any atom is 0.189 e. The summed E-state index contributed by atoms with van der Waals surface area (Å²) < 4.78 is 13.1. The first-order chi connectivity index (χ1) is 14.3. The number of aryl methyl sites for hydroxylation is 3. The molecule has 6 heteroatoms. The van der Waals surface area contributed by atoms with Gasteiger partial charge in [-0.05, 0) is 68.3 Å². The van der Waals surface area contributed by atoms with Crippen molar-refractivity contribution in [3.63, 3.8) is 0 Å². The van der Waals surface area contributed by atoms with Gasteiger partial charge in [0.1, 0.15) is 18.1 Å². The van der Waals surface area contributed by atoms with Crippen LogP contribution in [-0.4, -0.2) is 22.7 Å². The van der Waals surface area contributed by atoms with Crippen LogP contribution >= 0.6 is 11.6 Å². The Morgan fingerprint density at radius 1 is 1.13 bits per heavy atom. The van der Waals surface area contributed by atoms with Gasteiger partial charge in [0.15, 0.2) is 5.78 Å². The van der Waals surface area contributed by atoms with E-state index in [2.05, 4.69) is 5.10 Å². The molecule has 5 nitrogen and oxygen atoms in total. The van der Waals surface area contributed by atoms with Crippen LogP contribution < -0.4 is 9.47 Å². The Balaban J connectivity index is 1.79. The minimum absolute atomic E-state index is 0.0662. The van der Waals surface area contributed by atoms with Crippen molar-refractivity contribution in [1.82, 2.24) is 9.78 Å². The number of halogens is 1. The van der Waals surface area contributed by atoms with Crippen molar-refractivity contribution in [1.29, 1.82) is 0 Å². The Morgan fingerprint density at radius 3 is 2.50 bits per heavy atom. The lowest BCUT2D eigenvalue weighted by molar-refractivity contribution is 0.104. The number of carbonyl (C=O) groups is 1. The molecule has 0 N–H and O–H groups in total. The average Bonchev–Trinajstić information content (AvgIpc) is 2.97. The molecule has 0 aliphatic heterocycles. The first-order valence-electron chi connectivity index (χ1n) is 9.58. The molecule has 0 aliphatic rings. The quantitative estimate of drug-likeness (QED) is 0.372. The Bertz CT molecular complexity index is 1120. The normalized spacial score (nSPS) is 11.1. The van der Waals surface area contributed by atoms with Crippen molar-refractivity contribution in [2.75, 3.05) is 7.11 Å². The summed E-state index contributed by atoms with van der Waals surface area (Å²) >= 11 is 6.01. The third-order valence-electron chi connectivity index (χ3n) is 5.01. The van der Waals surface area contributed by atoms with Gasteiger partial charge in [0.25, 0.3) is 0 Å². The molecule has 0 fully saturated rings. The van der Waals surface area contributed by atoms with Crippen LogP contribution in [0.2, 0.25) is 5.02 Å². The van der Waals surface area contributed by atoms with Gasteiger partial charge in [-0.25, -0.2) is 0 Å². The number of allylic oxidation sites excluding steroid dienone is 1. The summed E-state index contributed by atoms with van der Waals surface area (Å²) in [7, 11) is 3.46. The van der Waals surface area contributed by atoms with Crippen LogP contribution in [-0.2, 0) is 13.7 Å². The molecule has 0 saturated heterocycles. The van der Waals surface area contributed by atoms with Crippen LogP contribution in [0.3, 0.4) is 0 Å². The first kappa shape index (κ1) is 21.7. The lowest BCUT2D eigenvalue weighted by atomic mass is 10.1. The third-order valence-corrected chi connectivity index (χ3v) is 5.24. The molecule has 0 unspecified atom stereocenters. The highest BCUT2D eigenvalue weighted by atomic mass is 35.5. The fourth-order valence-electron chi connectivity index (χ4n) is 3.33. The van der Waals surface area contributed by atoms with E-state index >= 15 is 0 Å². The van der Waals surface area contributed by atoms with Crippen molar-refractivity contribution in [3.05, 3.63) is 81.1 Å². The number of ketones is 1. The van der Waals surface area contributed by atoms with E-state index in [1.165, 1.54) is 0 Å². The lowest BCUT2D eigenvalue weighted by Gasteiger charge is -2.13. The highest BCUT2D eigenvalue weighted by Crippen LogP contribution is 2.26. The Hall–Kier alpha value is -3.05. The van der Waals surface area contributed by atoms with E-state index < -0.39 is 0 Å². The van der Waals surface area contributed by atoms with E-state index in [0.29, 0.717) is 17.2 Å². The maximum atomic E-state index is 12.7. The molecule has 3 rings (SSSR count). The minimum Gasteiger partial charge on any atom is -0.496 e. The van der Waals surface area contributed by atoms with Crippen molar-refractivity contribution in [3.8, 4) is 11.5 Å². The van der Waals surface area contributed by atoms with Gasteiger partial charge in [-0.2, -0.15) is 5.10 Å². The summed E-state index contributed by atoms with van der Waals surface area (Å²) in [4.78, 5) is 12.7. The van der Waals surface area contributed by atoms with Crippen molar-refractivity contribution >= 4 is 23.5 Å². The second-order valence-corrected chi connectivity index (χ2v) is 7.57. The van der Waals surface area contributed by atoms with Gasteiger partial charge in [-0.3, -0.25) is 9.48 Å². The Morgan fingerprint density at radius 2 is 1.87 bits per heavy atom. The molecule has 156 valence electrons. The van der Waals surface area contributed by atoms with Crippen molar-refractivity contribution in [2.24, 2.45) is 7.05 Å². The second-order valence-electron chi connectivity index (χ2n) is 7.14. The number of hydrogen-bond acceptors (Lipinski definition) is 4. The van der Waals surface area contributed by atoms with Gasteiger partial charge in [-0.1, -0.05) is 23.7 Å². The second kappa shape index (κ2) is 9.18. The molecule has 0 radical (unpaired) electrons. The number of ether oxygens (including phenoxy) is 2. The van der Waals surface area contributed by atoms with Crippen molar-refractivity contribution < 1.29 is 14.3 Å². The standard InChI is InChI=1S/C24H25ClN2O3/c1-15-12-20(25)8-11-22(15)30-14-19-13-18(7-10-23(19)29-5)6-9-21(28)24-16(2)26-27(4)17(24)3/h6-13H,14H2,1-5H3/b9-6+. The third kappa shape index (κ3) is 4.74. The van der Waals surface area contributed by atoms with Crippen LogP contribution in [0.4, 0.5) is 0 Å². The molecule has 0 saturated carbocycles. The molecule has 0 spiro atoms. The molecule has 0 amide bonds. The van der Waals surface area contributed by atoms with E-state index in [-0.39, 0.29) is 5.78 Å². The van der Waals surface area contributed by atoms with E-state index in [4.69, 9.17) is 21.1 Å². The molecule has 30 heavy (non-hydrogen) atoms. The van der Waals surface area contributed by atoms with Crippen LogP contribution in [0, 0.1) is 20.8 Å². The Kier molecular flexibility index (Phi) is 6.63. The predicted octanol–water partition coefficient (Wildman–Crippen LogP) is 5.48. The van der Waals surface area contributed by atoms with Gasteiger partial charge < -0.3 is 9.47 Å². The zero-order valence-corrected chi connectivity index (χ0v) is 18.6. The molecule has 1 aromatic heterocycles. The topological polar surface area (TPSA) is 53.3 Å². The minimum atomic E-state index is -0.0662. The average molecular weight is 425 g/mol. The highest BCUT2D eigenvalue weighted by Gasteiger charge is 2.15. The summed E-state index contributed by atoms with van der Waals surface area (Å²) in [5.41, 5.74) is 4.95. The van der Waals surface area contributed by atoms with E-state index in [1.807, 2.05) is 58.2 Å². The number of methoxy groups -OCH3 is 1. The number of aromatic nitrogens is 2. The smallest absolute Gasteiger partial charge is 0.189 e. The summed E-state index contributed by atoms with van der Waals surface area (Å²) in [5.74, 6) is 1.42. The monoisotopic (exact) mass is 424 g/mol. The first-order valence-corrected chi connectivity index (χ1v) is 9.96. The highest BCUT2D eigenvalue weighted by molar-refractivity contribution is 6.30. The van der Waals surface area contributed by atoms with Gasteiger partial charge in [0.05, 0.1) is 18.4 Å². The van der Waals surface area contributed by atoms with Crippen LogP contribution in [0.1, 0.15) is 38.4 Å². The van der Waals surface area contributed by atoms with E-state index in [9.17, 15) is 4.79 Å². The number of nitrogens with zero attached hydrogens (tertiary/aromatic N) is 2. The maximum absolute atomic E-state index is 12.7. The van der Waals surface area contributed by atoms with E-state index in [0.717, 1.165) is 39.6 Å². The van der Waals surface area contributed by atoms with Gasteiger partial charge in [0, 0.05) is 23.3 Å². The van der Waals surface area contributed by atoms with Crippen LogP contribution in [0.15, 0.2) is 42.5 Å². The fraction of sp³-hybridized carbons (Fsp3) is 0.250. The largest absolute Gasteiger partial charge is 0.496 e. The number of benzene rings is 2. The molecule has 1 heterocycles. The van der Waals surface area contributed by atoms with Gasteiger partial charge >= 0.3 is 0 Å². The predicted molar refractivity (Wildman–Crippen MR) is 120 cm³/mol. The summed E-state index contributed by atoms with van der Waals surface area (Å²) in [6.07, 6.45) is 3.37. The molecule has 0 bridgehead atoms. The summed E-state index contributed by atoms with van der Waals surface area (Å²) in [5, 5.41) is 4.98. The molecule has 2 aromatic carbocycles. The molecule has 0 atom stereocenters. The van der Waals surface area contributed by atoms with Crippen molar-refractivity contribution in [2.45, 2.75) is 27.4 Å². The number of hydrogen-bond donors (Lipinski definition) is 0. The zero-order chi connectivity index (χ0) is 21.8. The molecule has 3 aromatic rings. The Labute approximate surface area is 181 Å². The number of rotatable bonds is 7. The van der Waals surface area contributed by atoms with E-state index in [1.54, 1.807) is 30.0 Å². The van der Waals surface area contributed by atoms with Crippen LogP contribution in [0.5, 0.6) is 11.5 Å². The van der Waals surface area contributed by atoms with Crippen LogP contribution in [0.25, 0.3) is 6.08 Å². The molecular weight excluding hydrogens is 400 g/mol.